The molecule has 1 amide bonds. The number of rotatable bonds is 39. The Hall–Kier alpha value is -0.890. The maximum Gasteiger partial charge on any atom is 0.237 e. The Morgan fingerprint density at radius 1 is 0.615 bits per heavy atom. The molecule has 1 rings (SSSR count). The Kier molecular flexibility index (Phi) is 43.8. The van der Waals surface area contributed by atoms with E-state index in [1.807, 2.05) is 18.2 Å². The molecule has 308 valence electrons. The van der Waals surface area contributed by atoms with Gasteiger partial charge in [-0.2, -0.15) is 0 Å². The van der Waals surface area contributed by atoms with Crippen molar-refractivity contribution in [3.8, 4) is 0 Å². The molecule has 0 aliphatic heterocycles. The lowest BCUT2D eigenvalue weighted by molar-refractivity contribution is -0.124. The van der Waals surface area contributed by atoms with Crippen LogP contribution in [0.1, 0.15) is 193 Å². The SMILES string of the molecule is CCCCCCCCCCCCCCOCC(CNC(=O)C(CCCCN)NCc1ccccc1)OCCCCCCCCCCCCCC.Cl.Cl. The van der Waals surface area contributed by atoms with Crippen molar-refractivity contribution in [2.75, 3.05) is 32.9 Å². The molecule has 4 N–H and O–H groups in total. The Morgan fingerprint density at radius 3 is 1.56 bits per heavy atom. The molecule has 0 aliphatic rings. The zero-order valence-electron chi connectivity index (χ0n) is 34.0. The molecule has 6 nitrogen and oxygen atoms in total. The number of nitrogens with two attached hydrogens (primary N) is 1. The molecule has 2 atom stereocenters. The smallest absolute Gasteiger partial charge is 0.237 e. The second kappa shape index (κ2) is 42.8. The van der Waals surface area contributed by atoms with Gasteiger partial charge in [-0.15, -0.1) is 24.8 Å². The first-order valence-corrected chi connectivity index (χ1v) is 21.7. The van der Waals surface area contributed by atoms with Gasteiger partial charge in [0, 0.05) is 26.3 Å². The van der Waals surface area contributed by atoms with Gasteiger partial charge in [-0.25, -0.2) is 0 Å². The number of unbranched alkanes of at least 4 members (excludes halogenated alkanes) is 23. The van der Waals surface area contributed by atoms with E-state index < -0.39 is 0 Å². The van der Waals surface area contributed by atoms with E-state index in [-0.39, 0.29) is 42.9 Å². The van der Waals surface area contributed by atoms with E-state index in [0.717, 1.165) is 45.3 Å². The summed E-state index contributed by atoms with van der Waals surface area (Å²) in [5, 5.41) is 6.69. The van der Waals surface area contributed by atoms with Crippen LogP contribution in [0.15, 0.2) is 30.3 Å². The third kappa shape index (κ3) is 34.9. The summed E-state index contributed by atoms with van der Waals surface area (Å²) < 4.78 is 12.5. The number of carbonyl (C=O) groups is 1. The van der Waals surface area contributed by atoms with Crippen LogP contribution in [0.4, 0.5) is 0 Å². The maximum absolute atomic E-state index is 13.4. The number of hydrogen-bond donors (Lipinski definition) is 3. The van der Waals surface area contributed by atoms with Gasteiger partial charge in [-0.3, -0.25) is 4.79 Å². The van der Waals surface area contributed by atoms with Gasteiger partial charge in [-0.05, 0) is 37.8 Å². The van der Waals surface area contributed by atoms with Crippen LogP contribution in [0, 0.1) is 0 Å². The first kappa shape index (κ1) is 53.2. The molecule has 2 unspecified atom stereocenters. The zero-order valence-corrected chi connectivity index (χ0v) is 35.6. The van der Waals surface area contributed by atoms with Gasteiger partial charge in [0.25, 0.3) is 0 Å². The zero-order chi connectivity index (χ0) is 36.0. The molecule has 0 heterocycles. The lowest BCUT2D eigenvalue weighted by Crippen LogP contribution is -2.47. The molecule has 0 saturated heterocycles. The normalized spacial score (nSPS) is 12.2. The highest BCUT2D eigenvalue weighted by Gasteiger charge is 2.19. The molecule has 1 aromatic carbocycles. The number of halogens is 2. The number of ether oxygens (including phenoxy) is 2. The van der Waals surface area contributed by atoms with Crippen LogP contribution in [0.2, 0.25) is 0 Å². The van der Waals surface area contributed by atoms with E-state index in [0.29, 0.717) is 26.2 Å². The minimum Gasteiger partial charge on any atom is -0.379 e. The number of hydrogen-bond acceptors (Lipinski definition) is 5. The number of carbonyl (C=O) groups excluding carboxylic acids is 1. The van der Waals surface area contributed by atoms with E-state index in [9.17, 15) is 4.79 Å². The number of nitrogens with one attached hydrogen (secondary N) is 2. The van der Waals surface area contributed by atoms with Crippen LogP contribution in [0.25, 0.3) is 0 Å². The van der Waals surface area contributed by atoms with E-state index in [1.54, 1.807) is 0 Å². The van der Waals surface area contributed by atoms with Crippen molar-refractivity contribution in [1.29, 1.82) is 0 Å². The summed E-state index contributed by atoms with van der Waals surface area (Å²) in [6.07, 6.45) is 34.6. The summed E-state index contributed by atoms with van der Waals surface area (Å²) in [5.41, 5.74) is 6.93. The van der Waals surface area contributed by atoms with Crippen LogP contribution >= 0.6 is 24.8 Å². The third-order valence-electron chi connectivity index (χ3n) is 9.96. The Labute approximate surface area is 334 Å². The topological polar surface area (TPSA) is 85.6 Å². The fourth-order valence-electron chi connectivity index (χ4n) is 6.61. The van der Waals surface area contributed by atoms with Crippen LogP contribution in [-0.2, 0) is 20.8 Å². The van der Waals surface area contributed by atoms with Crippen molar-refractivity contribution in [2.45, 2.75) is 206 Å². The van der Waals surface area contributed by atoms with Crippen molar-refractivity contribution < 1.29 is 14.3 Å². The van der Waals surface area contributed by atoms with Crippen LogP contribution in [-0.4, -0.2) is 51.0 Å². The second-order valence-electron chi connectivity index (χ2n) is 14.8. The van der Waals surface area contributed by atoms with E-state index in [2.05, 4.69) is 36.6 Å². The summed E-state index contributed by atoms with van der Waals surface area (Å²) in [7, 11) is 0. The molecule has 0 aromatic heterocycles. The molecule has 0 saturated carbocycles. The molecule has 8 heteroatoms. The minimum absolute atomic E-state index is 0. The average Bonchev–Trinajstić information content (AvgIpc) is 3.14. The fraction of sp³-hybridized carbons (Fsp3) is 0.841. The predicted molar refractivity (Wildman–Crippen MR) is 230 cm³/mol. The minimum atomic E-state index is -0.249. The summed E-state index contributed by atoms with van der Waals surface area (Å²) in [6.45, 7) is 8.40. The van der Waals surface area contributed by atoms with Crippen LogP contribution in [0.3, 0.4) is 0 Å². The van der Waals surface area contributed by atoms with Crippen molar-refractivity contribution >= 4 is 30.7 Å². The van der Waals surface area contributed by atoms with E-state index in [4.69, 9.17) is 15.2 Å². The summed E-state index contributed by atoms with van der Waals surface area (Å²) in [4.78, 5) is 13.4. The molecule has 0 aliphatic carbocycles. The third-order valence-corrected chi connectivity index (χ3v) is 9.96. The standard InChI is InChI=1S/C44H83N3O3.2ClH/c1-3-5-7-9-11-13-15-17-19-21-23-30-36-49-40-42(50-37-31-24-22-20-18-16-14-12-10-8-6-4-2)39-47-44(48)43(34-28-29-35-45)46-38-41-32-26-25-27-33-41;;/h25-27,32-33,42-43,46H,3-24,28-31,34-40,45H2,1-2H3,(H,47,48);2*1H. The molecule has 0 spiro atoms. The van der Waals surface area contributed by atoms with Gasteiger partial charge < -0.3 is 25.8 Å². The van der Waals surface area contributed by atoms with E-state index >= 15 is 0 Å². The molecule has 0 fully saturated rings. The largest absolute Gasteiger partial charge is 0.379 e. The van der Waals surface area contributed by atoms with E-state index in [1.165, 1.54) is 147 Å². The van der Waals surface area contributed by atoms with Gasteiger partial charge >= 0.3 is 0 Å². The molecular weight excluding hydrogens is 689 g/mol. The number of amides is 1. The lowest BCUT2D eigenvalue weighted by atomic mass is 10.1. The van der Waals surface area contributed by atoms with Gasteiger partial charge in [0.15, 0.2) is 0 Å². The molecule has 0 radical (unpaired) electrons. The van der Waals surface area contributed by atoms with Gasteiger partial charge in [-0.1, -0.05) is 192 Å². The number of benzene rings is 1. The second-order valence-corrected chi connectivity index (χ2v) is 14.8. The van der Waals surface area contributed by atoms with Gasteiger partial charge in [0.1, 0.15) is 0 Å². The van der Waals surface area contributed by atoms with Gasteiger partial charge in [0.05, 0.1) is 18.8 Å². The van der Waals surface area contributed by atoms with Crippen LogP contribution < -0.4 is 16.4 Å². The Morgan fingerprint density at radius 2 is 1.08 bits per heavy atom. The van der Waals surface area contributed by atoms with Crippen LogP contribution in [0.5, 0.6) is 0 Å². The monoisotopic (exact) mass is 774 g/mol. The highest BCUT2D eigenvalue weighted by atomic mass is 35.5. The quantitative estimate of drug-likeness (QED) is 0.0580. The Bertz CT molecular complexity index is 836. The predicted octanol–water partition coefficient (Wildman–Crippen LogP) is 12.0. The highest BCUT2D eigenvalue weighted by molar-refractivity contribution is 5.85. The first-order valence-electron chi connectivity index (χ1n) is 21.7. The Balaban J connectivity index is 0. The molecule has 0 bridgehead atoms. The maximum atomic E-state index is 13.4. The van der Waals surface area contributed by atoms with Crippen molar-refractivity contribution in [3.63, 3.8) is 0 Å². The average molecular weight is 775 g/mol. The fourth-order valence-corrected chi connectivity index (χ4v) is 6.61. The highest BCUT2D eigenvalue weighted by Crippen LogP contribution is 2.14. The lowest BCUT2D eigenvalue weighted by Gasteiger charge is -2.22. The first-order chi connectivity index (χ1) is 24.7. The van der Waals surface area contributed by atoms with Gasteiger partial charge in [0.2, 0.25) is 5.91 Å². The van der Waals surface area contributed by atoms with Crippen molar-refractivity contribution in [3.05, 3.63) is 35.9 Å². The molecular formula is C44H85Cl2N3O3. The van der Waals surface area contributed by atoms with Crippen molar-refractivity contribution in [1.82, 2.24) is 10.6 Å². The summed E-state index contributed by atoms with van der Waals surface area (Å²) in [5.74, 6) is 0.0397. The summed E-state index contributed by atoms with van der Waals surface area (Å²) in [6, 6.07) is 10.0. The van der Waals surface area contributed by atoms with Crippen molar-refractivity contribution in [2.24, 2.45) is 5.73 Å². The molecule has 1 aromatic rings. The summed E-state index contributed by atoms with van der Waals surface area (Å²) >= 11 is 0. The molecule has 52 heavy (non-hydrogen) atoms.